The second-order valence-corrected chi connectivity index (χ2v) is 9.73. The Morgan fingerprint density at radius 2 is 1.74 bits per heavy atom. The molecule has 2 heterocycles. The van der Waals surface area contributed by atoms with Crippen LogP contribution in [-0.2, 0) is 10.0 Å². The summed E-state index contributed by atoms with van der Waals surface area (Å²) in [5.41, 5.74) is 3.01. The molecule has 1 aliphatic carbocycles. The summed E-state index contributed by atoms with van der Waals surface area (Å²) >= 11 is 0. The molecule has 0 spiro atoms. The lowest BCUT2D eigenvalue weighted by Crippen LogP contribution is -2.16. The Balaban J connectivity index is 1.80. The molecule has 5 rings (SSSR count). The van der Waals surface area contributed by atoms with Gasteiger partial charge in [0.15, 0.2) is 5.65 Å². The average molecular weight is 428 g/mol. The lowest BCUT2D eigenvalue weighted by molar-refractivity contribution is 0.588. The Hall–Kier alpha value is -3.18. The third kappa shape index (κ3) is 3.70. The molecule has 0 atom stereocenters. The van der Waals surface area contributed by atoms with Crippen LogP contribution in [0.4, 0.5) is 0 Å². The van der Waals surface area contributed by atoms with Crippen molar-refractivity contribution in [2.75, 3.05) is 0 Å². The molecule has 1 fully saturated rings. The van der Waals surface area contributed by atoms with Gasteiger partial charge in [-0.1, -0.05) is 61.4 Å². The first kappa shape index (κ1) is 19.8. The van der Waals surface area contributed by atoms with Crippen molar-refractivity contribution in [1.29, 1.82) is 0 Å². The van der Waals surface area contributed by atoms with Crippen LogP contribution in [0.5, 0.6) is 0 Å². The van der Waals surface area contributed by atoms with Crippen molar-refractivity contribution in [2.24, 2.45) is 5.92 Å². The summed E-state index contributed by atoms with van der Waals surface area (Å²) in [5.74, 6) is 0.443. The van der Waals surface area contributed by atoms with E-state index in [1.807, 2.05) is 48.5 Å². The molecule has 31 heavy (non-hydrogen) atoms. The van der Waals surface area contributed by atoms with Gasteiger partial charge in [0.05, 0.1) is 10.6 Å². The monoisotopic (exact) mass is 427 g/mol. The minimum atomic E-state index is -3.83. The van der Waals surface area contributed by atoms with Gasteiger partial charge in [-0.15, -0.1) is 0 Å². The number of fused-ring (bicyclic) bond motifs is 1. The zero-order valence-electron chi connectivity index (χ0n) is 17.1. The Bertz CT molecular complexity index is 1330. The molecular weight excluding hydrogens is 404 g/mol. The van der Waals surface area contributed by atoms with Crippen molar-refractivity contribution in [1.82, 2.24) is 8.96 Å². The van der Waals surface area contributed by atoms with E-state index in [1.165, 1.54) is 16.8 Å². The zero-order valence-corrected chi connectivity index (χ0v) is 17.9. The van der Waals surface area contributed by atoms with E-state index in [0.29, 0.717) is 17.3 Å². The highest BCUT2D eigenvalue weighted by molar-refractivity contribution is 7.90. The number of hydrogen-bond acceptors (Lipinski definition) is 3. The number of nitrogens with zero attached hydrogens (tertiary/aromatic N) is 2. The molecule has 1 radical (unpaired) electrons. The van der Waals surface area contributed by atoms with Crippen LogP contribution >= 0.6 is 0 Å². The van der Waals surface area contributed by atoms with Crippen LogP contribution in [0.1, 0.15) is 36.9 Å². The van der Waals surface area contributed by atoms with Gasteiger partial charge in [0, 0.05) is 17.2 Å². The normalized spacial score (nSPS) is 15.5. The standard InChI is InChI=1S/C26H23N2O2S/c29-31(30,23-15-5-2-6-16-23)28-25(19-22-14-9-17-27-26(22)28)24(18-20-10-7-8-11-20)21-12-3-1-4-13-21/h2-6,9,12-20H,7-8,10-11H2. The fourth-order valence-electron chi connectivity index (χ4n) is 4.40. The maximum absolute atomic E-state index is 13.8. The SMILES string of the molecule is O=S(=O)(c1ccccc1)n1c(C(=CC2CCCC2)c2cc[c]cc2)cc2cccnc21. The molecule has 1 aliphatic rings. The first-order valence-electron chi connectivity index (χ1n) is 10.6. The Morgan fingerprint density at radius 3 is 2.48 bits per heavy atom. The Morgan fingerprint density at radius 1 is 1.00 bits per heavy atom. The van der Waals surface area contributed by atoms with Gasteiger partial charge < -0.3 is 0 Å². The smallest absolute Gasteiger partial charge is 0.237 e. The van der Waals surface area contributed by atoms with E-state index in [4.69, 9.17) is 0 Å². The van der Waals surface area contributed by atoms with E-state index in [1.54, 1.807) is 30.5 Å². The van der Waals surface area contributed by atoms with E-state index in [9.17, 15) is 8.42 Å². The molecule has 2 aromatic heterocycles. The Kier molecular flexibility index (Phi) is 5.20. The summed E-state index contributed by atoms with van der Waals surface area (Å²) in [6, 6.07) is 25.0. The zero-order chi connectivity index (χ0) is 21.3. The summed E-state index contributed by atoms with van der Waals surface area (Å²) in [7, 11) is -3.83. The third-order valence-corrected chi connectivity index (χ3v) is 7.63. The summed E-state index contributed by atoms with van der Waals surface area (Å²) < 4.78 is 29.0. The molecule has 0 aliphatic heterocycles. The van der Waals surface area contributed by atoms with Gasteiger partial charge in [-0.2, -0.15) is 0 Å². The first-order chi connectivity index (χ1) is 15.1. The van der Waals surface area contributed by atoms with Gasteiger partial charge in [0.2, 0.25) is 0 Å². The molecule has 0 amide bonds. The van der Waals surface area contributed by atoms with Crippen LogP contribution in [0.15, 0.2) is 90.0 Å². The maximum atomic E-state index is 13.8. The summed E-state index contributed by atoms with van der Waals surface area (Å²) in [5, 5.41) is 0.803. The van der Waals surface area contributed by atoms with E-state index in [0.717, 1.165) is 29.4 Å². The maximum Gasteiger partial charge on any atom is 0.269 e. The van der Waals surface area contributed by atoms with E-state index in [-0.39, 0.29) is 4.90 Å². The predicted octanol–water partition coefficient (Wildman–Crippen LogP) is 5.70. The number of benzene rings is 2. The molecule has 1 saturated carbocycles. The van der Waals surface area contributed by atoms with Crippen molar-refractivity contribution < 1.29 is 8.42 Å². The molecular formula is C26H23N2O2S. The van der Waals surface area contributed by atoms with Crippen molar-refractivity contribution in [3.05, 3.63) is 102 Å². The summed E-state index contributed by atoms with van der Waals surface area (Å²) in [4.78, 5) is 4.70. The van der Waals surface area contributed by atoms with Crippen molar-refractivity contribution in [2.45, 2.75) is 30.6 Å². The van der Waals surface area contributed by atoms with Crippen LogP contribution in [0.2, 0.25) is 0 Å². The molecule has 0 unspecified atom stereocenters. The first-order valence-corrected chi connectivity index (χ1v) is 12.0. The number of hydrogen-bond donors (Lipinski definition) is 0. The van der Waals surface area contributed by atoms with Crippen LogP contribution < -0.4 is 0 Å². The lowest BCUT2D eigenvalue weighted by Gasteiger charge is -2.16. The minimum Gasteiger partial charge on any atom is -0.237 e. The van der Waals surface area contributed by atoms with Gasteiger partial charge in [0.25, 0.3) is 10.0 Å². The number of pyridine rings is 1. The van der Waals surface area contributed by atoms with Crippen LogP contribution in [0, 0.1) is 12.0 Å². The van der Waals surface area contributed by atoms with E-state index >= 15 is 0 Å². The Labute approximate surface area is 182 Å². The number of allylic oxidation sites excluding steroid dienone is 1. The number of rotatable bonds is 5. The van der Waals surface area contributed by atoms with E-state index in [2.05, 4.69) is 17.1 Å². The van der Waals surface area contributed by atoms with Gasteiger partial charge in [0.1, 0.15) is 0 Å². The number of aromatic nitrogens is 2. The van der Waals surface area contributed by atoms with Crippen LogP contribution in [0.3, 0.4) is 0 Å². The fraction of sp³-hybridized carbons (Fsp3) is 0.192. The second kappa shape index (κ2) is 8.16. The molecule has 0 saturated heterocycles. The molecule has 0 bridgehead atoms. The van der Waals surface area contributed by atoms with Crippen LogP contribution in [0.25, 0.3) is 16.6 Å². The molecule has 4 nitrogen and oxygen atoms in total. The van der Waals surface area contributed by atoms with Gasteiger partial charge >= 0.3 is 0 Å². The predicted molar refractivity (Wildman–Crippen MR) is 123 cm³/mol. The fourth-order valence-corrected chi connectivity index (χ4v) is 5.90. The molecule has 4 aromatic rings. The summed E-state index contributed by atoms with van der Waals surface area (Å²) in [6.45, 7) is 0. The highest BCUT2D eigenvalue weighted by Crippen LogP contribution is 2.35. The molecule has 2 aromatic carbocycles. The van der Waals surface area contributed by atoms with Crippen molar-refractivity contribution >= 4 is 26.6 Å². The highest BCUT2D eigenvalue weighted by atomic mass is 32.2. The van der Waals surface area contributed by atoms with Crippen molar-refractivity contribution in [3.63, 3.8) is 0 Å². The lowest BCUT2D eigenvalue weighted by atomic mass is 9.96. The largest absolute Gasteiger partial charge is 0.269 e. The second-order valence-electron chi connectivity index (χ2n) is 7.94. The highest BCUT2D eigenvalue weighted by Gasteiger charge is 2.26. The third-order valence-electron chi connectivity index (χ3n) is 5.91. The van der Waals surface area contributed by atoms with Gasteiger partial charge in [-0.05, 0) is 60.7 Å². The molecule has 5 heteroatoms. The summed E-state index contributed by atoms with van der Waals surface area (Å²) in [6.07, 6.45) is 8.58. The molecule has 155 valence electrons. The van der Waals surface area contributed by atoms with Crippen molar-refractivity contribution in [3.8, 4) is 0 Å². The average Bonchev–Trinajstić information content (AvgIpc) is 3.46. The van der Waals surface area contributed by atoms with Gasteiger partial charge in [-0.3, -0.25) is 0 Å². The topological polar surface area (TPSA) is 52.0 Å². The molecule has 0 N–H and O–H groups in total. The van der Waals surface area contributed by atoms with E-state index < -0.39 is 10.0 Å². The minimum absolute atomic E-state index is 0.251. The quantitative estimate of drug-likeness (QED) is 0.411. The van der Waals surface area contributed by atoms with Crippen LogP contribution in [-0.4, -0.2) is 17.4 Å². The van der Waals surface area contributed by atoms with Gasteiger partial charge in [-0.25, -0.2) is 17.4 Å².